The molecular weight excluding hydrogens is 242 g/mol. The second-order valence-corrected chi connectivity index (χ2v) is 4.66. The lowest BCUT2D eigenvalue weighted by atomic mass is 9.85. The molecule has 1 saturated carbocycles. The molecule has 0 radical (unpaired) electrons. The first kappa shape index (κ1) is 11.9. The van der Waals surface area contributed by atoms with Crippen molar-refractivity contribution in [3.8, 4) is 5.95 Å². The average Bonchev–Trinajstić information content (AvgIpc) is 2.90. The molecule has 19 heavy (non-hydrogen) atoms. The lowest BCUT2D eigenvalue weighted by Gasteiger charge is -2.25. The third-order valence-corrected chi connectivity index (χ3v) is 3.33. The highest BCUT2D eigenvalue weighted by Crippen LogP contribution is 2.26. The van der Waals surface area contributed by atoms with Crippen LogP contribution >= 0.6 is 0 Å². The molecule has 0 aliphatic heterocycles. The molecule has 2 aromatic rings. The minimum absolute atomic E-state index is 0.514. The van der Waals surface area contributed by atoms with Gasteiger partial charge in [0.25, 0.3) is 5.95 Å². The molecule has 0 spiro atoms. The smallest absolute Gasteiger partial charge is 0.257 e. The molecule has 0 atom stereocenters. The highest BCUT2D eigenvalue weighted by molar-refractivity contribution is 5.37. The van der Waals surface area contributed by atoms with Crippen molar-refractivity contribution in [2.75, 3.05) is 24.2 Å². The summed E-state index contributed by atoms with van der Waals surface area (Å²) in [6, 6.07) is 1.84. The number of hydrogen-bond donors (Lipinski definition) is 2. The Labute approximate surface area is 111 Å². The number of aromatic nitrogens is 5. The number of nitrogens with zero attached hydrogens (tertiary/aromatic N) is 5. The van der Waals surface area contributed by atoms with Gasteiger partial charge in [0.1, 0.15) is 0 Å². The third kappa shape index (κ3) is 2.64. The molecule has 0 unspecified atom stereocenters. The van der Waals surface area contributed by atoms with Crippen molar-refractivity contribution in [3.05, 3.63) is 18.5 Å². The molecule has 1 aliphatic rings. The normalized spacial score (nSPS) is 15.0. The molecule has 0 amide bonds. The predicted octanol–water partition coefficient (Wildman–Crippen LogP) is 1.31. The molecule has 2 N–H and O–H groups in total. The van der Waals surface area contributed by atoms with Crippen LogP contribution in [0.4, 0.5) is 11.9 Å². The van der Waals surface area contributed by atoms with Crippen LogP contribution in [0.1, 0.15) is 19.3 Å². The van der Waals surface area contributed by atoms with E-state index in [9.17, 15) is 0 Å². The van der Waals surface area contributed by atoms with Crippen LogP contribution in [0.3, 0.4) is 0 Å². The van der Waals surface area contributed by atoms with Gasteiger partial charge in [-0.25, -0.2) is 4.68 Å². The third-order valence-electron chi connectivity index (χ3n) is 3.33. The Morgan fingerprint density at radius 1 is 1.26 bits per heavy atom. The van der Waals surface area contributed by atoms with Crippen LogP contribution < -0.4 is 10.6 Å². The quantitative estimate of drug-likeness (QED) is 0.842. The molecular formula is C12H17N7. The van der Waals surface area contributed by atoms with Gasteiger partial charge in [0.15, 0.2) is 0 Å². The fraction of sp³-hybridized carbons (Fsp3) is 0.500. The van der Waals surface area contributed by atoms with Crippen LogP contribution in [-0.4, -0.2) is 38.3 Å². The minimum Gasteiger partial charge on any atom is -0.357 e. The van der Waals surface area contributed by atoms with Gasteiger partial charge in [-0.2, -0.15) is 20.1 Å². The Balaban J connectivity index is 1.80. The van der Waals surface area contributed by atoms with Gasteiger partial charge in [0.2, 0.25) is 11.9 Å². The molecule has 2 heterocycles. The van der Waals surface area contributed by atoms with Gasteiger partial charge in [0.05, 0.1) is 0 Å². The Morgan fingerprint density at radius 2 is 2.11 bits per heavy atom. The van der Waals surface area contributed by atoms with Crippen LogP contribution in [0.25, 0.3) is 5.95 Å². The van der Waals surface area contributed by atoms with Gasteiger partial charge < -0.3 is 10.6 Å². The van der Waals surface area contributed by atoms with Gasteiger partial charge in [-0.05, 0) is 24.8 Å². The fourth-order valence-electron chi connectivity index (χ4n) is 1.98. The topological polar surface area (TPSA) is 80.5 Å². The standard InChI is InChI=1S/C12H17N7/c1-13-10-16-11(14-8-9-4-2-5-9)18-12(17-10)19-7-3-6-15-19/h3,6-7,9H,2,4-5,8H2,1H3,(H2,13,14,16,17,18). The number of anilines is 2. The van der Waals surface area contributed by atoms with Gasteiger partial charge in [-0.15, -0.1) is 0 Å². The molecule has 0 aromatic carbocycles. The molecule has 3 rings (SSSR count). The maximum absolute atomic E-state index is 4.38. The molecule has 0 saturated heterocycles. The summed E-state index contributed by atoms with van der Waals surface area (Å²) in [5.41, 5.74) is 0. The first-order valence-electron chi connectivity index (χ1n) is 6.53. The van der Waals surface area contributed by atoms with Crippen molar-refractivity contribution in [2.24, 2.45) is 5.92 Å². The lowest BCUT2D eigenvalue weighted by molar-refractivity contribution is 0.333. The summed E-state index contributed by atoms with van der Waals surface area (Å²) in [6.07, 6.45) is 7.44. The molecule has 2 aromatic heterocycles. The molecule has 1 fully saturated rings. The van der Waals surface area contributed by atoms with Crippen molar-refractivity contribution in [1.29, 1.82) is 0 Å². The lowest BCUT2D eigenvalue weighted by Crippen LogP contribution is -2.22. The van der Waals surface area contributed by atoms with Gasteiger partial charge in [-0.3, -0.25) is 0 Å². The van der Waals surface area contributed by atoms with Crippen LogP contribution in [0.15, 0.2) is 18.5 Å². The van der Waals surface area contributed by atoms with Crippen molar-refractivity contribution in [3.63, 3.8) is 0 Å². The van der Waals surface area contributed by atoms with Gasteiger partial charge in [-0.1, -0.05) is 6.42 Å². The zero-order valence-electron chi connectivity index (χ0n) is 10.9. The summed E-state index contributed by atoms with van der Waals surface area (Å²) >= 11 is 0. The second-order valence-electron chi connectivity index (χ2n) is 4.66. The maximum atomic E-state index is 4.38. The van der Waals surface area contributed by atoms with E-state index >= 15 is 0 Å². The molecule has 7 nitrogen and oxygen atoms in total. The molecule has 7 heteroatoms. The van der Waals surface area contributed by atoms with E-state index in [1.54, 1.807) is 17.9 Å². The highest BCUT2D eigenvalue weighted by Gasteiger charge is 2.17. The molecule has 0 bridgehead atoms. The Morgan fingerprint density at radius 3 is 2.74 bits per heavy atom. The highest BCUT2D eigenvalue weighted by atomic mass is 15.4. The SMILES string of the molecule is CNc1nc(NCC2CCC2)nc(-n2cccn2)n1. The summed E-state index contributed by atoms with van der Waals surface area (Å²) in [4.78, 5) is 13.0. The van der Waals surface area contributed by atoms with E-state index in [1.165, 1.54) is 19.3 Å². The fourth-order valence-corrected chi connectivity index (χ4v) is 1.98. The van der Waals surface area contributed by atoms with Crippen LogP contribution in [0.2, 0.25) is 0 Å². The van der Waals surface area contributed by atoms with Crippen molar-refractivity contribution in [2.45, 2.75) is 19.3 Å². The first-order valence-corrected chi connectivity index (χ1v) is 6.53. The summed E-state index contributed by atoms with van der Waals surface area (Å²) in [6.45, 7) is 0.922. The van der Waals surface area contributed by atoms with E-state index in [0.29, 0.717) is 17.8 Å². The van der Waals surface area contributed by atoms with Crippen molar-refractivity contribution >= 4 is 11.9 Å². The van der Waals surface area contributed by atoms with E-state index in [4.69, 9.17) is 0 Å². The average molecular weight is 259 g/mol. The maximum Gasteiger partial charge on any atom is 0.257 e. The van der Waals surface area contributed by atoms with E-state index in [2.05, 4.69) is 30.7 Å². The van der Waals surface area contributed by atoms with E-state index in [1.807, 2.05) is 12.3 Å². The van der Waals surface area contributed by atoms with Gasteiger partial charge in [0, 0.05) is 26.0 Å². The van der Waals surface area contributed by atoms with Gasteiger partial charge >= 0.3 is 0 Å². The summed E-state index contributed by atoms with van der Waals surface area (Å²) in [7, 11) is 1.79. The zero-order valence-corrected chi connectivity index (χ0v) is 10.9. The van der Waals surface area contributed by atoms with E-state index in [-0.39, 0.29) is 0 Å². The number of rotatable bonds is 5. The number of nitrogens with one attached hydrogen (secondary N) is 2. The Hall–Kier alpha value is -2.18. The molecule has 100 valence electrons. The zero-order chi connectivity index (χ0) is 13.1. The second kappa shape index (κ2) is 5.21. The summed E-state index contributed by atoms with van der Waals surface area (Å²) < 4.78 is 1.62. The number of hydrogen-bond acceptors (Lipinski definition) is 6. The summed E-state index contributed by atoms with van der Waals surface area (Å²) in [5.74, 6) is 2.40. The Kier molecular flexibility index (Phi) is 3.26. The van der Waals surface area contributed by atoms with Crippen molar-refractivity contribution in [1.82, 2.24) is 24.7 Å². The van der Waals surface area contributed by atoms with E-state index < -0.39 is 0 Å². The molecule has 1 aliphatic carbocycles. The predicted molar refractivity (Wildman–Crippen MR) is 72.3 cm³/mol. The first-order chi connectivity index (χ1) is 9.35. The monoisotopic (exact) mass is 259 g/mol. The van der Waals surface area contributed by atoms with Crippen LogP contribution in [0, 0.1) is 5.92 Å². The van der Waals surface area contributed by atoms with E-state index in [0.717, 1.165) is 12.5 Å². The van der Waals surface area contributed by atoms with Crippen LogP contribution in [0.5, 0.6) is 0 Å². The van der Waals surface area contributed by atoms with Crippen LogP contribution in [-0.2, 0) is 0 Å². The largest absolute Gasteiger partial charge is 0.357 e. The minimum atomic E-state index is 0.514. The summed E-state index contributed by atoms with van der Waals surface area (Å²) in [5, 5.41) is 10.4. The van der Waals surface area contributed by atoms with Crippen molar-refractivity contribution < 1.29 is 0 Å². The Bertz CT molecular complexity index is 533.